The second-order valence-electron chi connectivity index (χ2n) is 3.32. The van der Waals surface area contributed by atoms with Gasteiger partial charge in [-0.1, -0.05) is 20.4 Å². The fraction of sp³-hybridized carbons (Fsp3) is 0.800. The monoisotopic (exact) mass is 170 g/mol. The summed E-state index contributed by atoms with van der Waals surface area (Å²) in [6.07, 6.45) is 1.15. The smallest absolute Gasteiger partial charge is 0.0141 e. The van der Waals surface area contributed by atoms with Gasteiger partial charge in [0.25, 0.3) is 0 Å². The molecule has 2 nitrogen and oxygen atoms in total. The van der Waals surface area contributed by atoms with Crippen molar-refractivity contribution in [1.29, 1.82) is 0 Å². The summed E-state index contributed by atoms with van der Waals surface area (Å²) in [7, 11) is 1.98. The quantitative estimate of drug-likeness (QED) is 0.634. The summed E-state index contributed by atoms with van der Waals surface area (Å²) in [5.74, 6) is 0.488. The van der Waals surface area contributed by atoms with Crippen molar-refractivity contribution in [1.82, 2.24) is 10.6 Å². The second kappa shape index (κ2) is 6.06. The topological polar surface area (TPSA) is 24.1 Å². The average molecular weight is 170 g/mol. The Morgan fingerprint density at radius 3 is 2.42 bits per heavy atom. The molecule has 0 heterocycles. The number of rotatable bonds is 6. The zero-order chi connectivity index (χ0) is 9.56. The minimum Gasteiger partial charge on any atom is -0.389 e. The van der Waals surface area contributed by atoms with Gasteiger partial charge >= 0.3 is 0 Å². The molecule has 0 fully saturated rings. The van der Waals surface area contributed by atoms with Crippen molar-refractivity contribution in [3.63, 3.8) is 0 Å². The van der Waals surface area contributed by atoms with Crippen LogP contribution in [-0.2, 0) is 0 Å². The number of nitrogens with one attached hydrogen (secondary N) is 2. The Hall–Kier alpha value is -0.500. The summed E-state index contributed by atoms with van der Waals surface area (Å²) in [6.45, 7) is 11.6. The van der Waals surface area contributed by atoms with E-state index < -0.39 is 0 Å². The van der Waals surface area contributed by atoms with Gasteiger partial charge in [-0.3, -0.25) is 0 Å². The first-order valence-electron chi connectivity index (χ1n) is 4.73. The van der Waals surface area contributed by atoms with E-state index in [-0.39, 0.29) is 0 Å². The summed E-state index contributed by atoms with van der Waals surface area (Å²) in [5, 5.41) is 6.53. The molecule has 12 heavy (non-hydrogen) atoms. The van der Waals surface area contributed by atoms with E-state index in [4.69, 9.17) is 0 Å². The van der Waals surface area contributed by atoms with Crippen molar-refractivity contribution in [2.75, 3.05) is 13.6 Å². The highest BCUT2D eigenvalue weighted by molar-refractivity contribution is 4.99. The maximum Gasteiger partial charge on any atom is 0.0141 e. The lowest BCUT2D eigenvalue weighted by Crippen LogP contribution is -2.33. The SMILES string of the molecule is C=C(NCCC)C(C)C(C)NC. The van der Waals surface area contributed by atoms with Crippen LogP contribution in [0.5, 0.6) is 0 Å². The standard InChI is InChI=1S/C10H22N2/c1-6-7-12-10(4)8(2)9(3)11-5/h8-9,11-12H,4,6-7H2,1-3,5H3. The Labute approximate surface area is 76.4 Å². The summed E-state index contributed by atoms with van der Waals surface area (Å²) >= 11 is 0. The van der Waals surface area contributed by atoms with Gasteiger partial charge in [-0.15, -0.1) is 0 Å². The van der Waals surface area contributed by atoms with E-state index in [2.05, 4.69) is 38.0 Å². The lowest BCUT2D eigenvalue weighted by Gasteiger charge is -2.22. The van der Waals surface area contributed by atoms with Gasteiger partial charge in [0.15, 0.2) is 0 Å². The number of hydrogen-bond donors (Lipinski definition) is 2. The molecule has 2 heteroatoms. The summed E-state index contributed by atoms with van der Waals surface area (Å²) in [5.41, 5.74) is 1.14. The van der Waals surface area contributed by atoms with Gasteiger partial charge in [-0.25, -0.2) is 0 Å². The average Bonchev–Trinajstić information content (AvgIpc) is 2.11. The molecule has 0 saturated heterocycles. The lowest BCUT2D eigenvalue weighted by atomic mass is 10.0. The third-order valence-electron chi connectivity index (χ3n) is 2.36. The molecule has 0 aromatic carbocycles. The van der Waals surface area contributed by atoms with Gasteiger partial charge in [-0.05, 0) is 20.4 Å². The van der Waals surface area contributed by atoms with Crippen LogP contribution in [0.2, 0.25) is 0 Å². The minimum absolute atomic E-state index is 0.488. The molecule has 0 aliphatic heterocycles. The summed E-state index contributed by atoms with van der Waals surface area (Å²) < 4.78 is 0. The Bertz CT molecular complexity index is 132. The van der Waals surface area contributed by atoms with Crippen molar-refractivity contribution in [2.45, 2.75) is 33.2 Å². The van der Waals surface area contributed by atoms with Crippen LogP contribution in [0.3, 0.4) is 0 Å². The van der Waals surface area contributed by atoms with Crippen LogP contribution < -0.4 is 10.6 Å². The van der Waals surface area contributed by atoms with Crippen LogP contribution in [0.25, 0.3) is 0 Å². The molecule has 0 rings (SSSR count). The molecule has 0 aromatic rings. The van der Waals surface area contributed by atoms with E-state index in [1.165, 1.54) is 0 Å². The Morgan fingerprint density at radius 1 is 1.42 bits per heavy atom. The predicted molar refractivity (Wildman–Crippen MR) is 55.1 cm³/mol. The molecule has 0 aliphatic rings. The van der Waals surface area contributed by atoms with Crippen LogP contribution in [0.15, 0.2) is 12.3 Å². The molecule has 0 amide bonds. The highest BCUT2D eigenvalue weighted by Gasteiger charge is 2.12. The Balaban J connectivity index is 3.75. The van der Waals surface area contributed by atoms with Crippen molar-refractivity contribution < 1.29 is 0 Å². The van der Waals surface area contributed by atoms with E-state index in [0.29, 0.717) is 12.0 Å². The second-order valence-corrected chi connectivity index (χ2v) is 3.32. The largest absolute Gasteiger partial charge is 0.389 e. The summed E-state index contributed by atoms with van der Waals surface area (Å²) in [4.78, 5) is 0. The normalized spacial score (nSPS) is 15.3. The van der Waals surface area contributed by atoms with Crippen molar-refractivity contribution in [3.05, 3.63) is 12.3 Å². The van der Waals surface area contributed by atoms with Crippen LogP contribution in [0.1, 0.15) is 27.2 Å². The molecular formula is C10H22N2. The van der Waals surface area contributed by atoms with Gasteiger partial charge in [0.05, 0.1) is 0 Å². The molecule has 0 saturated carbocycles. The molecular weight excluding hydrogens is 148 g/mol. The highest BCUT2D eigenvalue weighted by atomic mass is 14.9. The summed E-state index contributed by atoms with van der Waals surface area (Å²) in [6, 6.07) is 0.488. The zero-order valence-corrected chi connectivity index (χ0v) is 8.78. The van der Waals surface area contributed by atoms with E-state index in [1.807, 2.05) is 7.05 Å². The van der Waals surface area contributed by atoms with Crippen molar-refractivity contribution in [2.24, 2.45) is 5.92 Å². The molecule has 0 aromatic heterocycles. The van der Waals surface area contributed by atoms with Crippen LogP contribution >= 0.6 is 0 Å². The Kier molecular flexibility index (Phi) is 5.81. The fourth-order valence-electron chi connectivity index (χ4n) is 0.998. The van der Waals surface area contributed by atoms with E-state index in [0.717, 1.165) is 18.7 Å². The van der Waals surface area contributed by atoms with Gasteiger partial charge < -0.3 is 10.6 Å². The predicted octanol–water partition coefficient (Wildman–Crippen LogP) is 1.74. The minimum atomic E-state index is 0.488. The number of hydrogen-bond acceptors (Lipinski definition) is 2. The van der Waals surface area contributed by atoms with Gasteiger partial charge in [0, 0.05) is 24.2 Å². The molecule has 2 N–H and O–H groups in total. The van der Waals surface area contributed by atoms with Crippen LogP contribution in [0.4, 0.5) is 0 Å². The van der Waals surface area contributed by atoms with Gasteiger partial charge in [0.2, 0.25) is 0 Å². The fourth-order valence-corrected chi connectivity index (χ4v) is 0.998. The van der Waals surface area contributed by atoms with E-state index in [1.54, 1.807) is 0 Å². The highest BCUT2D eigenvalue weighted by Crippen LogP contribution is 2.09. The molecule has 2 unspecified atom stereocenters. The maximum atomic E-state index is 4.01. The van der Waals surface area contributed by atoms with E-state index in [9.17, 15) is 0 Å². The first-order chi connectivity index (χ1) is 5.63. The maximum absolute atomic E-state index is 4.01. The van der Waals surface area contributed by atoms with Crippen molar-refractivity contribution in [3.8, 4) is 0 Å². The van der Waals surface area contributed by atoms with Crippen LogP contribution in [-0.4, -0.2) is 19.6 Å². The van der Waals surface area contributed by atoms with Crippen molar-refractivity contribution >= 4 is 0 Å². The van der Waals surface area contributed by atoms with Gasteiger partial charge in [0.1, 0.15) is 0 Å². The van der Waals surface area contributed by atoms with E-state index >= 15 is 0 Å². The molecule has 0 aliphatic carbocycles. The van der Waals surface area contributed by atoms with Crippen LogP contribution in [0, 0.1) is 5.92 Å². The first kappa shape index (κ1) is 11.5. The first-order valence-corrected chi connectivity index (χ1v) is 4.73. The lowest BCUT2D eigenvalue weighted by molar-refractivity contribution is 0.455. The Morgan fingerprint density at radius 2 is 2.00 bits per heavy atom. The zero-order valence-electron chi connectivity index (χ0n) is 8.78. The third kappa shape index (κ3) is 3.77. The molecule has 2 atom stereocenters. The molecule has 0 spiro atoms. The molecule has 0 radical (unpaired) electrons. The third-order valence-corrected chi connectivity index (χ3v) is 2.36. The van der Waals surface area contributed by atoms with Gasteiger partial charge in [-0.2, -0.15) is 0 Å². The molecule has 72 valence electrons. The molecule has 0 bridgehead atoms.